The molecule has 2 fully saturated rings. The number of carboxylic acid groups (broad SMARTS) is 2. The Hall–Kier alpha value is -1.84. The van der Waals surface area contributed by atoms with Gasteiger partial charge in [-0.1, -0.05) is 50.7 Å². The Kier molecular flexibility index (Phi) is 8.41. The second-order valence-electron chi connectivity index (χ2n) is 10.6. The molecule has 1 aromatic rings. The third-order valence-corrected chi connectivity index (χ3v) is 8.24. The van der Waals surface area contributed by atoms with Gasteiger partial charge in [0.15, 0.2) is 0 Å². The molecule has 2 N–H and O–H groups in total. The summed E-state index contributed by atoms with van der Waals surface area (Å²) in [5.41, 5.74) is 5.08. The van der Waals surface area contributed by atoms with Gasteiger partial charge in [0.2, 0.25) is 0 Å². The Labute approximate surface area is 193 Å². The van der Waals surface area contributed by atoms with Gasteiger partial charge in [0, 0.05) is 0 Å². The van der Waals surface area contributed by atoms with Crippen molar-refractivity contribution in [3.05, 3.63) is 34.4 Å². The van der Waals surface area contributed by atoms with E-state index in [4.69, 9.17) is 0 Å². The van der Waals surface area contributed by atoms with E-state index < -0.39 is 11.9 Å². The Morgan fingerprint density at radius 3 is 1.66 bits per heavy atom. The maximum Gasteiger partial charge on any atom is 0.309 e. The summed E-state index contributed by atoms with van der Waals surface area (Å²) in [6.45, 7) is 4.48. The lowest BCUT2D eigenvalue weighted by atomic mass is 9.90. The number of hydrogen-bond acceptors (Lipinski definition) is 2. The smallest absolute Gasteiger partial charge is 0.309 e. The summed E-state index contributed by atoms with van der Waals surface area (Å²) >= 11 is 0. The van der Waals surface area contributed by atoms with E-state index in [9.17, 15) is 19.8 Å². The second-order valence-corrected chi connectivity index (χ2v) is 10.6. The summed E-state index contributed by atoms with van der Waals surface area (Å²) in [7, 11) is 0. The Balaban J connectivity index is 1.33. The van der Waals surface area contributed by atoms with Gasteiger partial charge in [-0.3, -0.25) is 9.59 Å². The molecule has 0 spiro atoms. The van der Waals surface area contributed by atoms with Crippen molar-refractivity contribution in [2.45, 2.75) is 117 Å². The molecule has 1 aromatic carbocycles. The predicted octanol–water partition coefficient (Wildman–Crippen LogP) is 7.02. The van der Waals surface area contributed by atoms with E-state index in [0.717, 1.165) is 77.0 Å². The third kappa shape index (κ3) is 6.36. The van der Waals surface area contributed by atoms with E-state index in [1.165, 1.54) is 47.9 Å². The maximum atomic E-state index is 11.3. The fourth-order valence-corrected chi connectivity index (χ4v) is 5.29. The van der Waals surface area contributed by atoms with Gasteiger partial charge in [-0.25, -0.2) is 0 Å². The second kappa shape index (κ2) is 10.9. The van der Waals surface area contributed by atoms with E-state index in [1.807, 2.05) is 0 Å². The number of aryl methyl sites for hydroxylation is 2. The van der Waals surface area contributed by atoms with Gasteiger partial charge in [0.1, 0.15) is 0 Å². The number of rotatable bonds is 16. The molecule has 0 amide bonds. The molecular formula is C28H42O4. The van der Waals surface area contributed by atoms with E-state index in [1.54, 1.807) is 0 Å². The van der Waals surface area contributed by atoms with Gasteiger partial charge < -0.3 is 10.2 Å². The summed E-state index contributed by atoms with van der Waals surface area (Å²) in [6.07, 6.45) is 16.5. The zero-order valence-electron chi connectivity index (χ0n) is 20.2. The maximum absolute atomic E-state index is 11.3. The third-order valence-electron chi connectivity index (χ3n) is 8.24. The molecule has 2 aliphatic carbocycles. The molecule has 4 heteroatoms. The van der Waals surface area contributed by atoms with Crippen molar-refractivity contribution in [2.24, 2.45) is 10.8 Å². The molecule has 2 aliphatic rings. The fraction of sp³-hybridized carbons (Fsp3) is 0.714. The molecular weight excluding hydrogens is 400 g/mol. The molecule has 4 nitrogen and oxygen atoms in total. The fourth-order valence-electron chi connectivity index (χ4n) is 5.29. The van der Waals surface area contributed by atoms with Crippen molar-refractivity contribution >= 4 is 11.9 Å². The predicted molar refractivity (Wildman–Crippen MR) is 128 cm³/mol. The summed E-state index contributed by atoms with van der Waals surface area (Å²) in [5.74, 6) is -1.18. The number of unbranched alkanes of at least 4 members (excludes halogenated alkanes) is 6. The zero-order valence-corrected chi connectivity index (χ0v) is 20.2. The number of benzene rings is 1. The lowest BCUT2D eigenvalue weighted by Crippen LogP contribution is -2.14. The van der Waals surface area contributed by atoms with Crippen LogP contribution in [0.25, 0.3) is 0 Å². The highest BCUT2D eigenvalue weighted by molar-refractivity contribution is 5.78. The normalized spacial score (nSPS) is 17.8. The van der Waals surface area contributed by atoms with E-state index in [2.05, 4.69) is 26.0 Å². The Morgan fingerprint density at radius 2 is 1.19 bits per heavy atom. The molecule has 32 heavy (non-hydrogen) atoms. The first-order chi connectivity index (χ1) is 15.3. The van der Waals surface area contributed by atoms with Gasteiger partial charge in [-0.2, -0.15) is 0 Å². The molecule has 3 rings (SSSR count). The van der Waals surface area contributed by atoms with Gasteiger partial charge in [0.05, 0.1) is 10.8 Å². The minimum absolute atomic E-state index is 0.363. The first-order valence-corrected chi connectivity index (χ1v) is 12.8. The molecule has 0 atom stereocenters. The van der Waals surface area contributed by atoms with Gasteiger partial charge in [0.25, 0.3) is 0 Å². The van der Waals surface area contributed by atoms with Gasteiger partial charge >= 0.3 is 11.9 Å². The average molecular weight is 443 g/mol. The Bertz CT molecular complexity index is 802. The van der Waals surface area contributed by atoms with Crippen LogP contribution in [0, 0.1) is 24.7 Å². The van der Waals surface area contributed by atoms with Crippen LogP contribution in [0.1, 0.15) is 112 Å². The van der Waals surface area contributed by atoms with E-state index >= 15 is 0 Å². The average Bonchev–Trinajstić information content (AvgIpc) is 3.66. The first kappa shape index (κ1) is 24.8. The van der Waals surface area contributed by atoms with Crippen LogP contribution in [0.4, 0.5) is 0 Å². The monoisotopic (exact) mass is 442 g/mol. The van der Waals surface area contributed by atoms with Crippen molar-refractivity contribution in [2.75, 3.05) is 0 Å². The first-order valence-electron chi connectivity index (χ1n) is 12.8. The highest BCUT2D eigenvalue weighted by Crippen LogP contribution is 2.50. The van der Waals surface area contributed by atoms with Gasteiger partial charge in [-0.05, 0) is 100 Å². The molecule has 0 unspecified atom stereocenters. The van der Waals surface area contributed by atoms with Gasteiger partial charge in [-0.15, -0.1) is 0 Å². The minimum atomic E-state index is -0.590. The van der Waals surface area contributed by atoms with Crippen molar-refractivity contribution in [3.8, 4) is 0 Å². The van der Waals surface area contributed by atoms with Crippen LogP contribution in [0.2, 0.25) is 0 Å². The summed E-state index contributed by atoms with van der Waals surface area (Å²) < 4.78 is 0. The summed E-state index contributed by atoms with van der Waals surface area (Å²) in [6, 6.07) is 4.56. The standard InChI is InChI=1S/C28H42O4/c1-21-13-14-23(11-7-3-5-9-15-27(17-18-27)25(29)30)22(2)24(21)12-8-4-6-10-16-28(19-20-28)26(31)32/h13-14H,3-12,15-20H2,1-2H3,(H,29,30)(H,31,32). The van der Waals surface area contributed by atoms with E-state index in [-0.39, 0.29) is 10.8 Å². The van der Waals surface area contributed by atoms with Crippen molar-refractivity contribution < 1.29 is 19.8 Å². The Morgan fingerprint density at radius 1 is 0.719 bits per heavy atom. The van der Waals surface area contributed by atoms with Crippen LogP contribution in [-0.2, 0) is 22.4 Å². The molecule has 2 saturated carbocycles. The van der Waals surface area contributed by atoms with Crippen LogP contribution in [0.15, 0.2) is 12.1 Å². The molecule has 0 bridgehead atoms. The zero-order chi connectivity index (χ0) is 23.2. The molecule has 0 aromatic heterocycles. The molecule has 0 aliphatic heterocycles. The molecule has 178 valence electrons. The van der Waals surface area contributed by atoms with Crippen molar-refractivity contribution in [1.82, 2.24) is 0 Å². The van der Waals surface area contributed by atoms with Crippen LogP contribution in [-0.4, -0.2) is 22.2 Å². The van der Waals surface area contributed by atoms with Crippen molar-refractivity contribution in [3.63, 3.8) is 0 Å². The molecule has 0 radical (unpaired) electrons. The number of carboxylic acids is 2. The SMILES string of the molecule is Cc1ccc(CCCCCCC2(C(=O)O)CC2)c(C)c1CCCCCCC1(C(=O)O)CC1. The largest absolute Gasteiger partial charge is 0.481 e. The van der Waals surface area contributed by atoms with Crippen LogP contribution >= 0.6 is 0 Å². The number of aliphatic carboxylic acids is 2. The number of carbonyl (C=O) groups is 2. The quantitative estimate of drug-likeness (QED) is 0.270. The van der Waals surface area contributed by atoms with E-state index in [0.29, 0.717) is 0 Å². The van der Waals surface area contributed by atoms with Crippen molar-refractivity contribution in [1.29, 1.82) is 0 Å². The highest BCUT2D eigenvalue weighted by Gasteiger charge is 2.49. The molecule has 0 saturated heterocycles. The minimum Gasteiger partial charge on any atom is -0.481 e. The highest BCUT2D eigenvalue weighted by atomic mass is 16.4. The van der Waals surface area contributed by atoms with Crippen LogP contribution < -0.4 is 0 Å². The van der Waals surface area contributed by atoms with Crippen LogP contribution in [0.3, 0.4) is 0 Å². The van der Waals surface area contributed by atoms with Crippen LogP contribution in [0.5, 0.6) is 0 Å². The lowest BCUT2D eigenvalue weighted by Gasteiger charge is -2.15. The number of hydrogen-bond donors (Lipinski definition) is 2. The summed E-state index contributed by atoms with van der Waals surface area (Å²) in [5, 5.41) is 18.6. The summed E-state index contributed by atoms with van der Waals surface area (Å²) in [4.78, 5) is 22.5. The topological polar surface area (TPSA) is 74.6 Å². The lowest BCUT2D eigenvalue weighted by molar-refractivity contribution is -0.144. The molecule has 0 heterocycles.